The molecule has 1 fully saturated rings. The van der Waals surface area contributed by atoms with Crippen molar-refractivity contribution in [2.45, 2.75) is 6.04 Å². The molecule has 0 amide bonds. The van der Waals surface area contributed by atoms with Crippen LogP contribution in [0.4, 0.5) is 0 Å². The Morgan fingerprint density at radius 3 is 2.86 bits per heavy atom. The Hall–Kier alpha value is -1.12. The van der Waals surface area contributed by atoms with Gasteiger partial charge in [-0.3, -0.25) is 0 Å². The summed E-state index contributed by atoms with van der Waals surface area (Å²) in [6, 6.07) is 10.7. The van der Waals surface area contributed by atoms with Gasteiger partial charge in [-0.05, 0) is 5.56 Å². The molecule has 74 valence electrons. The van der Waals surface area contributed by atoms with Crippen molar-refractivity contribution in [3.8, 4) is 0 Å². The van der Waals surface area contributed by atoms with E-state index in [-0.39, 0.29) is 0 Å². The number of hydrogen-bond acceptors (Lipinski definition) is 2. The lowest BCUT2D eigenvalue weighted by Gasteiger charge is -2.20. The fourth-order valence-corrected chi connectivity index (χ4v) is 1.50. The Kier molecular flexibility index (Phi) is 3.33. The highest BCUT2D eigenvalue weighted by Gasteiger charge is 2.08. The van der Waals surface area contributed by atoms with Crippen molar-refractivity contribution < 1.29 is 4.74 Å². The summed E-state index contributed by atoms with van der Waals surface area (Å²) in [5.41, 5.74) is 1.24. The third-order valence-corrected chi connectivity index (χ3v) is 2.27. The molecule has 1 N–H and O–H groups in total. The standard InChI is InChI=1S/C12H15NO/c1-2-4-11(5-3-1)6-7-12-10-14-9-8-13-12/h1-7,12-13H,8-10H2/b7-6+. The molecule has 0 spiro atoms. The van der Waals surface area contributed by atoms with E-state index < -0.39 is 0 Å². The van der Waals surface area contributed by atoms with Gasteiger partial charge in [0.15, 0.2) is 0 Å². The summed E-state index contributed by atoms with van der Waals surface area (Å²) in [5, 5.41) is 3.38. The van der Waals surface area contributed by atoms with Crippen molar-refractivity contribution in [1.82, 2.24) is 5.32 Å². The van der Waals surface area contributed by atoms with Crippen molar-refractivity contribution >= 4 is 6.08 Å². The molecule has 0 radical (unpaired) electrons. The van der Waals surface area contributed by atoms with E-state index in [9.17, 15) is 0 Å². The first-order valence-corrected chi connectivity index (χ1v) is 4.99. The lowest BCUT2D eigenvalue weighted by Crippen LogP contribution is -2.39. The van der Waals surface area contributed by atoms with E-state index in [0.29, 0.717) is 6.04 Å². The second kappa shape index (κ2) is 4.94. The average molecular weight is 189 g/mol. The zero-order valence-corrected chi connectivity index (χ0v) is 8.15. The van der Waals surface area contributed by atoms with Gasteiger partial charge in [0.05, 0.1) is 13.2 Å². The molecule has 14 heavy (non-hydrogen) atoms. The molecule has 2 heteroatoms. The largest absolute Gasteiger partial charge is 0.378 e. The van der Waals surface area contributed by atoms with Crippen LogP contribution in [0.25, 0.3) is 6.08 Å². The second-order valence-electron chi connectivity index (χ2n) is 3.41. The Bertz CT molecular complexity index is 288. The van der Waals surface area contributed by atoms with E-state index in [1.54, 1.807) is 0 Å². The Morgan fingerprint density at radius 2 is 2.14 bits per heavy atom. The molecule has 1 aliphatic heterocycles. The van der Waals surface area contributed by atoms with Crippen molar-refractivity contribution in [2.24, 2.45) is 0 Å². The van der Waals surface area contributed by atoms with Crippen LogP contribution >= 0.6 is 0 Å². The van der Waals surface area contributed by atoms with Crippen LogP contribution in [0.2, 0.25) is 0 Å². The molecular weight excluding hydrogens is 174 g/mol. The first kappa shape index (κ1) is 9.44. The van der Waals surface area contributed by atoms with Gasteiger partial charge in [-0.2, -0.15) is 0 Å². The fraction of sp³-hybridized carbons (Fsp3) is 0.333. The predicted octanol–water partition coefficient (Wildman–Crippen LogP) is 1.69. The Balaban J connectivity index is 1.93. The van der Waals surface area contributed by atoms with E-state index in [1.807, 2.05) is 18.2 Å². The summed E-state index contributed by atoms with van der Waals surface area (Å²) in [7, 11) is 0. The minimum absolute atomic E-state index is 0.365. The van der Waals surface area contributed by atoms with Crippen LogP contribution in [0.3, 0.4) is 0 Å². The van der Waals surface area contributed by atoms with Gasteiger partial charge in [0.25, 0.3) is 0 Å². The molecule has 0 aromatic heterocycles. The average Bonchev–Trinajstić information content (AvgIpc) is 2.29. The van der Waals surface area contributed by atoms with Gasteiger partial charge in [-0.1, -0.05) is 42.5 Å². The number of benzene rings is 1. The third kappa shape index (κ3) is 2.69. The zero-order chi connectivity index (χ0) is 9.64. The second-order valence-corrected chi connectivity index (χ2v) is 3.41. The summed E-state index contributed by atoms with van der Waals surface area (Å²) in [5.74, 6) is 0. The smallest absolute Gasteiger partial charge is 0.0656 e. The van der Waals surface area contributed by atoms with Crippen LogP contribution in [0.1, 0.15) is 5.56 Å². The maximum Gasteiger partial charge on any atom is 0.0656 e. The van der Waals surface area contributed by atoms with Gasteiger partial charge in [-0.25, -0.2) is 0 Å². The van der Waals surface area contributed by atoms with Crippen molar-refractivity contribution in [3.05, 3.63) is 42.0 Å². The molecule has 2 rings (SSSR count). The zero-order valence-electron chi connectivity index (χ0n) is 8.15. The minimum atomic E-state index is 0.365. The molecule has 1 atom stereocenters. The van der Waals surface area contributed by atoms with Gasteiger partial charge in [0.2, 0.25) is 0 Å². The molecule has 2 nitrogen and oxygen atoms in total. The Morgan fingerprint density at radius 1 is 1.29 bits per heavy atom. The number of nitrogens with one attached hydrogen (secondary N) is 1. The van der Waals surface area contributed by atoms with Crippen molar-refractivity contribution in [2.75, 3.05) is 19.8 Å². The van der Waals surface area contributed by atoms with Crippen molar-refractivity contribution in [3.63, 3.8) is 0 Å². The Labute approximate surface area is 84.6 Å². The molecule has 1 saturated heterocycles. The van der Waals surface area contributed by atoms with Gasteiger partial charge < -0.3 is 10.1 Å². The molecule has 1 heterocycles. The highest BCUT2D eigenvalue weighted by atomic mass is 16.5. The number of hydrogen-bond donors (Lipinski definition) is 1. The monoisotopic (exact) mass is 189 g/mol. The number of morpholine rings is 1. The van der Waals surface area contributed by atoms with Crippen LogP contribution in [-0.4, -0.2) is 25.8 Å². The summed E-state index contributed by atoms with van der Waals surface area (Å²) in [6.07, 6.45) is 4.29. The summed E-state index contributed by atoms with van der Waals surface area (Å²) in [4.78, 5) is 0. The quantitative estimate of drug-likeness (QED) is 0.764. The van der Waals surface area contributed by atoms with Gasteiger partial charge >= 0.3 is 0 Å². The van der Waals surface area contributed by atoms with E-state index in [2.05, 4.69) is 29.6 Å². The lowest BCUT2D eigenvalue weighted by atomic mass is 10.1. The fourth-order valence-electron chi connectivity index (χ4n) is 1.50. The molecular formula is C12H15NO. The topological polar surface area (TPSA) is 21.3 Å². The minimum Gasteiger partial charge on any atom is -0.378 e. The first-order valence-electron chi connectivity index (χ1n) is 4.99. The van der Waals surface area contributed by atoms with Crippen LogP contribution in [0.5, 0.6) is 0 Å². The molecule has 1 aromatic rings. The maximum absolute atomic E-state index is 5.36. The van der Waals surface area contributed by atoms with Gasteiger partial charge in [0.1, 0.15) is 0 Å². The van der Waals surface area contributed by atoms with Crippen LogP contribution in [0, 0.1) is 0 Å². The lowest BCUT2D eigenvalue weighted by molar-refractivity contribution is 0.0903. The number of rotatable bonds is 2. The molecule has 0 saturated carbocycles. The van der Waals surface area contributed by atoms with Crippen molar-refractivity contribution in [1.29, 1.82) is 0 Å². The normalized spacial score (nSPS) is 22.7. The maximum atomic E-state index is 5.36. The highest BCUT2D eigenvalue weighted by molar-refractivity contribution is 5.49. The van der Waals surface area contributed by atoms with E-state index >= 15 is 0 Å². The van der Waals surface area contributed by atoms with E-state index in [4.69, 9.17) is 4.74 Å². The van der Waals surface area contributed by atoms with Crippen LogP contribution < -0.4 is 5.32 Å². The summed E-state index contributed by atoms with van der Waals surface area (Å²) < 4.78 is 5.36. The molecule has 1 aromatic carbocycles. The van der Waals surface area contributed by atoms with Gasteiger partial charge in [-0.15, -0.1) is 0 Å². The van der Waals surface area contributed by atoms with Crippen LogP contribution in [0.15, 0.2) is 36.4 Å². The summed E-state index contributed by atoms with van der Waals surface area (Å²) >= 11 is 0. The summed E-state index contributed by atoms with van der Waals surface area (Å²) in [6.45, 7) is 2.56. The molecule has 1 unspecified atom stereocenters. The first-order chi connectivity index (χ1) is 6.95. The highest BCUT2D eigenvalue weighted by Crippen LogP contribution is 2.03. The van der Waals surface area contributed by atoms with E-state index in [0.717, 1.165) is 19.8 Å². The van der Waals surface area contributed by atoms with E-state index in [1.165, 1.54) is 5.56 Å². The molecule has 0 aliphatic carbocycles. The van der Waals surface area contributed by atoms with Gasteiger partial charge in [0, 0.05) is 12.6 Å². The molecule has 0 bridgehead atoms. The SMILES string of the molecule is C(=C\C1COCCN1)/c1ccccc1. The predicted molar refractivity (Wildman–Crippen MR) is 58.1 cm³/mol. The number of ether oxygens (including phenoxy) is 1. The molecule has 1 aliphatic rings. The third-order valence-electron chi connectivity index (χ3n) is 2.27. The van der Waals surface area contributed by atoms with Crippen LogP contribution in [-0.2, 0) is 4.74 Å².